The third-order valence-corrected chi connectivity index (χ3v) is 7.45. The Balaban J connectivity index is 0.00000126. The molecular weight excluding hydrogens is 458 g/mol. The van der Waals surface area contributed by atoms with Gasteiger partial charge < -0.3 is 5.32 Å². The van der Waals surface area contributed by atoms with Crippen LogP contribution in [0, 0.1) is 0 Å². The number of nitrogens with two attached hydrogens (primary N) is 1. The summed E-state index contributed by atoms with van der Waals surface area (Å²) < 4.78 is 25.6. The van der Waals surface area contributed by atoms with E-state index < -0.39 is 10.0 Å². The molecule has 11 heteroatoms. The molecule has 0 amide bonds. The fourth-order valence-electron chi connectivity index (χ4n) is 4.14. The number of sulfonamides is 1. The highest BCUT2D eigenvalue weighted by Crippen LogP contribution is 2.40. The second kappa shape index (κ2) is 9.94. The summed E-state index contributed by atoms with van der Waals surface area (Å²) in [7, 11) is -4.01. The van der Waals surface area contributed by atoms with Gasteiger partial charge in [0, 0.05) is 11.6 Å². The van der Waals surface area contributed by atoms with E-state index in [1.54, 1.807) is 17.4 Å². The minimum Gasteiger partial charge on any atom is -0.359 e. The molecule has 5 rings (SSSR count). The van der Waals surface area contributed by atoms with Gasteiger partial charge in [0.25, 0.3) is 0 Å². The minimum atomic E-state index is -4.01. The Morgan fingerprint density at radius 2 is 1.79 bits per heavy atom. The van der Waals surface area contributed by atoms with Crippen LogP contribution in [0.15, 0.2) is 41.3 Å². The zero-order chi connectivity index (χ0) is 23.4. The summed E-state index contributed by atoms with van der Waals surface area (Å²) in [5.74, 6) is 0.160. The van der Waals surface area contributed by atoms with E-state index in [0.717, 1.165) is 33.8 Å². The minimum absolute atomic E-state index is 0.0563. The molecule has 33 heavy (non-hydrogen) atoms. The maximum absolute atomic E-state index is 12.3. The highest BCUT2D eigenvalue weighted by atomic mass is 32.2. The van der Waals surface area contributed by atoms with Gasteiger partial charge in [0.15, 0.2) is 5.13 Å². The van der Waals surface area contributed by atoms with Gasteiger partial charge in [-0.15, -0.1) is 10.2 Å². The number of para-hydroxylation sites is 1. The standard InChI is InChI=1S/C20H21N7O2S2.C2H6/c21-31(28,29)16-11-5-8-13(17(16)19-24-26-27-25-19)14-9-4-10-15-18(14)23-20(30-15)22-12-6-2-1-3-7-12;1-2/h4-5,8-12H,1-3,6-7H2,(H,22,23)(H2,21,28,29)(H,24,25,26,27);1-2H3. The topological polar surface area (TPSA) is 140 Å². The molecule has 9 nitrogen and oxygen atoms in total. The molecule has 4 aromatic rings. The maximum Gasteiger partial charge on any atom is 0.238 e. The van der Waals surface area contributed by atoms with Crippen molar-refractivity contribution in [3.8, 4) is 22.5 Å². The third kappa shape index (κ3) is 4.90. The Kier molecular flexibility index (Phi) is 7.01. The second-order valence-electron chi connectivity index (χ2n) is 7.61. The van der Waals surface area contributed by atoms with Crippen molar-refractivity contribution in [2.24, 2.45) is 5.14 Å². The highest BCUT2D eigenvalue weighted by Gasteiger charge is 2.24. The van der Waals surface area contributed by atoms with Crippen molar-refractivity contribution < 1.29 is 8.42 Å². The first kappa shape index (κ1) is 23.3. The van der Waals surface area contributed by atoms with E-state index in [2.05, 4.69) is 25.9 Å². The molecule has 174 valence electrons. The first-order chi connectivity index (χ1) is 16.0. The van der Waals surface area contributed by atoms with Crippen molar-refractivity contribution >= 4 is 36.7 Å². The van der Waals surface area contributed by atoms with Gasteiger partial charge in [0.2, 0.25) is 15.8 Å². The predicted molar refractivity (Wildman–Crippen MR) is 131 cm³/mol. The van der Waals surface area contributed by atoms with Crippen LogP contribution in [0.3, 0.4) is 0 Å². The Hall–Kier alpha value is -2.89. The number of hydrogen-bond acceptors (Lipinski definition) is 8. The van der Waals surface area contributed by atoms with Crippen molar-refractivity contribution in [1.29, 1.82) is 0 Å². The Morgan fingerprint density at radius 3 is 2.48 bits per heavy atom. The maximum atomic E-state index is 12.3. The van der Waals surface area contributed by atoms with Crippen LogP contribution in [0.25, 0.3) is 32.7 Å². The van der Waals surface area contributed by atoms with Crippen LogP contribution in [-0.2, 0) is 10.0 Å². The Bertz CT molecular complexity index is 1330. The SMILES string of the molecule is CC.NS(=O)(=O)c1cccc(-c2cccc3sc(NC4CCCCC4)nc23)c1-c1nn[nH]n1. The number of hydrogen-bond donors (Lipinski definition) is 3. The van der Waals surface area contributed by atoms with Gasteiger partial charge in [-0.05, 0) is 35.8 Å². The smallest absolute Gasteiger partial charge is 0.238 e. The largest absolute Gasteiger partial charge is 0.359 e. The fourth-order valence-corrected chi connectivity index (χ4v) is 5.86. The van der Waals surface area contributed by atoms with Crippen LogP contribution in [0.1, 0.15) is 46.0 Å². The van der Waals surface area contributed by atoms with E-state index in [4.69, 9.17) is 10.1 Å². The molecule has 0 unspecified atom stereocenters. The molecule has 1 saturated carbocycles. The van der Waals surface area contributed by atoms with Crippen LogP contribution in [-0.4, -0.2) is 40.1 Å². The molecule has 0 atom stereocenters. The summed E-state index contributed by atoms with van der Waals surface area (Å²) >= 11 is 1.60. The van der Waals surface area contributed by atoms with Crippen LogP contribution in [0.5, 0.6) is 0 Å². The van der Waals surface area contributed by atoms with Gasteiger partial charge in [-0.2, -0.15) is 5.21 Å². The molecule has 1 aliphatic rings. The lowest BCUT2D eigenvalue weighted by molar-refractivity contribution is 0.462. The number of tetrazole rings is 1. The van der Waals surface area contributed by atoms with Crippen molar-refractivity contribution in [1.82, 2.24) is 25.6 Å². The summed E-state index contributed by atoms with van der Waals surface area (Å²) in [6.45, 7) is 4.00. The highest BCUT2D eigenvalue weighted by molar-refractivity contribution is 7.89. The number of fused-ring (bicyclic) bond motifs is 1. The monoisotopic (exact) mass is 485 g/mol. The molecule has 0 saturated heterocycles. The number of anilines is 1. The molecule has 1 fully saturated rings. The third-order valence-electron chi connectivity index (χ3n) is 5.54. The Morgan fingerprint density at radius 1 is 1.06 bits per heavy atom. The van der Waals surface area contributed by atoms with E-state index in [-0.39, 0.29) is 10.7 Å². The summed E-state index contributed by atoms with van der Waals surface area (Å²) in [5, 5.41) is 23.9. The molecule has 2 aromatic heterocycles. The van der Waals surface area contributed by atoms with E-state index in [1.807, 2.05) is 38.1 Å². The van der Waals surface area contributed by atoms with Crippen LogP contribution >= 0.6 is 11.3 Å². The zero-order valence-corrected chi connectivity index (χ0v) is 20.2. The molecule has 1 aliphatic carbocycles. The number of H-pyrrole nitrogens is 1. The Labute approximate surface area is 196 Å². The summed E-state index contributed by atoms with van der Waals surface area (Å²) in [6, 6.07) is 11.2. The number of benzene rings is 2. The number of rotatable bonds is 5. The zero-order valence-electron chi connectivity index (χ0n) is 18.6. The lowest BCUT2D eigenvalue weighted by atomic mass is 9.96. The second-order valence-corrected chi connectivity index (χ2v) is 10.2. The van der Waals surface area contributed by atoms with Gasteiger partial charge in [0.1, 0.15) is 0 Å². The average Bonchev–Trinajstić information content (AvgIpc) is 3.49. The molecule has 4 N–H and O–H groups in total. The van der Waals surface area contributed by atoms with Gasteiger partial charge in [-0.3, -0.25) is 0 Å². The number of nitrogens with one attached hydrogen (secondary N) is 2. The van der Waals surface area contributed by atoms with E-state index in [1.165, 1.54) is 25.3 Å². The lowest BCUT2D eigenvalue weighted by Crippen LogP contribution is -2.21. The van der Waals surface area contributed by atoms with Gasteiger partial charge in [0.05, 0.1) is 20.7 Å². The fraction of sp³-hybridized carbons (Fsp3) is 0.364. The van der Waals surface area contributed by atoms with Gasteiger partial charge in [-0.25, -0.2) is 18.5 Å². The van der Waals surface area contributed by atoms with Crippen LogP contribution in [0.2, 0.25) is 0 Å². The molecule has 0 bridgehead atoms. The quantitative estimate of drug-likeness (QED) is 0.376. The number of thiazole rings is 1. The van der Waals surface area contributed by atoms with Gasteiger partial charge >= 0.3 is 0 Å². The first-order valence-electron chi connectivity index (χ1n) is 11.1. The molecule has 0 spiro atoms. The average molecular weight is 486 g/mol. The number of nitrogens with zero attached hydrogens (tertiary/aromatic N) is 4. The summed E-state index contributed by atoms with van der Waals surface area (Å²) in [5.41, 5.74) is 2.52. The van der Waals surface area contributed by atoms with Crippen LogP contribution < -0.4 is 10.5 Å². The summed E-state index contributed by atoms with van der Waals surface area (Å²) in [4.78, 5) is 4.80. The van der Waals surface area contributed by atoms with Gasteiger partial charge in [-0.1, -0.05) is 68.7 Å². The van der Waals surface area contributed by atoms with Crippen molar-refractivity contribution in [2.75, 3.05) is 5.32 Å². The lowest BCUT2D eigenvalue weighted by Gasteiger charge is -2.22. The van der Waals surface area contributed by atoms with E-state index in [0.29, 0.717) is 17.2 Å². The normalized spacial score (nSPS) is 14.6. The van der Waals surface area contributed by atoms with Crippen molar-refractivity contribution in [3.05, 3.63) is 36.4 Å². The van der Waals surface area contributed by atoms with Crippen molar-refractivity contribution in [2.45, 2.75) is 56.9 Å². The molecule has 0 radical (unpaired) electrons. The number of aromatic nitrogens is 5. The molecule has 2 heterocycles. The number of primary sulfonamides is 1. The van der Waals surface area contributed by atoms with E-state index >= 15 is 0 Å². The first-order valence-corrected chi connectivity index (χ1v) is 13.4. The summed E-state index contributed by atoms with van der Waals surface area (Å²) in [6.07, 6.45) is 6.08. The predicted octanol–water partition coefficient (Wildman–Crippen LogP) is 4.56. The van der Waals surface area contributed by atoms with Crippen molar-refractivity contribution in [3.63, 3.8) is 0 Å². The molecule has 0 aliphatic heterocycles. The number of aromatic amines is 1. The van der Waals surface area contributed by atoms with Crippen LogP contribution in [0.4, 0.5) is 5.13 Å². The van der Waals surface area contributed by atoms with E-state index in [9.17, 15) is 8.42 Å². The molecular formula is C22H27N7O2S2. The molecule has 2 aromatic carbocycles.